The number of nitrogens with zero attached hydrogens (tertiary/aromatic N) is 2. The van der Waals surface area contributed by atoms with Crippen molar-refractivity contribution in [3.63, 3.8) is 0 Å². The van der Waals surface area contributed by atoms with Gasteiger partial charge in [0.1, 0.15) is 11.0 Å². The zero-order valence-corrected chi connectivity index (χ0v) is 22.0. The van der Waals surface area contributed by atoms with Gasteiger partial charge in [-0.1, -0.05) is 84.3 Å². The Morgan fingerprint density at radius 3 is 2.27 bits per heavy atom. The Morgan fingerprint density at radius 2 is 1.64 bits per heavy atom. The van der Waals surface area contributed by atoms with Gasteiger partial charge in [0.25, 0.3) is 0 Å². The first-order valence-electron chi connectivity index (χ1n) is 12.9. The van der Waals surface area contributed by atoms with Gasteiger partial charge in [-0.2, -0.15) is 0 Å². The van der Waals surface area contributed by atoms with E-state index in [0.29, 0.717) is 0 Å². The molecule has 0 amide bonds. The molecule has 0 fully saturated rings. The van der Waals surface area contributed by atoms with Crippen molar-refractivity contribution in [2.24, 2.45) is 5.41 Å². The molecular weight excluding hydrogens is 400 g/mol. The van der Waals surface area contributed by atoms with Crippen molar-refractivity contribution in [1.29, 1.82) is 0 Å². The molecule has 1 aliphatic rings. The fraction of sp³-hybridized carbons (Fsp3) is 0.516. The summed E-state index contributed by atoms with van der Waals surface area (Å²) in [4.78, 5) is 0. The number of benzene rings is 2. The zero-order valence-electron chi connectivity index (χ0n) is 22.0. The molecular formula is C31H41N2+. The Hall–Kier alpha value is -2.35. The highest BCUT2D eigenvalue weighted by molar-refractivity contribution is 5.98. The zero-order chi connectivity index (χ0) is 23.8. The van der Waals surface area contributed by atoms with Crippen LogP contribution in [0, 0.1) is 5.41 Å². The maximum absolute atomic E-state index is 2.70. The topological polar surface area (TPSA) is 8.29 Å². The smallest absolute Gasteiger partial charge is 0.119 e. The first-order chi connectivity index (χ1) is 15.5. The monoisotopic (exact) mass is 441 g/mol. The highest BCUT2D eigenvalue weighted by atomic mass is 15.4. The summed E-state index contributed by atoms with van der Waals surface area (Å²) < 4.78 is 5.32. The lowest BCUT2D eigenvalue weighted by atomic mass is 9.84. The summed E-state index contributed by atoms with van der Waals surface area (Å²) >= 11 is 0. The van der Waals surface area contributed by atoms with Crippen LogP contribution in [0.25, 0.3) is 27.3 Å². The molecule has 174 valence electrons. The highest BCUT2D eigenvalue weighted by Crippen LogP contribution is 2.39. The van der Waals surface area contributed by atoms with Crippen LogP contribution in [0.15, 0.2) is 42.5 Å². The van der Waals surface area contributed by atoms with Crippen LogP contribution < -0.4 is 4.68 Å². The number of fused-ring (bicyclic) bond motifs is 3. The van der Waals surface area contributed by atoms with Gasteiger partial charge in [-0.05, 0) is 52.5 Å². The predicted octanol–water partition coefficient (Wildman–Crippen LogP) is 7.88. The summed E-state index contributed by atoms with van der Waals surface area (Å²) in [5, 5.41) is 2.84. The van der Waals surface area contributed by atoms with Crippen molar-refractivity contribution in [2.75, 3.05) is 0 Å². The van der Waals surface area contributed by atoms with Crippen molar-refractivity contribution in [3.8, 4) is 0 Å². The fourth-order valence-electron chi connectivity index (χ4n) is 6.19. The van der Waals surface area contributed by atoms with Gasteiger partial charge in [-0.3, -0.25) is 0 Å². The predicted molar refractivity (Wildman–Crippen MR) is 141 cm³/mol. The lowest BCUT2D eigenvalue weighted by Crippen LogP contribution is -2.59. The second kappa shape index (κ2) is 7.32. The summed E-state index contributed by atoms with van der Waals surface area (Å²) in [7, 11) is 0. The van der Waals surface area contributed by atoms with Crippen LogP contribution in [-0.2, 0) is 23.8 Å². The van der Waals surface area contributed by atoms with Gasteiger partial charge in [0.05, 0.1) is 5.39 Å². The molecule has 0 atom stereocenters. The molecule has 0 unspecified atom stereocenters. The molecule has 0 bridgehead atoms. The maximum atomic E-state index is 2.70. The lowest BCUT2D eigenvalue weighted by molar-refractivity contribution is -0.799. The van der Waals surface area contributed by atoms with E-state index in [9.17, 15) is 0 Å². The van der Waals surface area contributed by atoms with Gasteiger partial charge in [-0.15, -0.1) is 4.52 Å². The Balaban J connectivity index is 2.03. The average Bonchev–Trinajstić information content (AvgIpc) is 2.99. The first-order valence-corrected chi connectivity index (χ1v) is 12.9. The Labute approximate surface area is 199 Å². The molecule has 2 aromatic heterocycles. The number of para-hydroxylation sites is 1. The molecule has 4 aromatic rings. The molecule has 3 heterocycles. The van der Waals surface area contributed by atoms with Crippen molar-refractivity contribution < 1.29 is 4.68 Å². The van der Waals surface area contributed by atoms with E-state index in [2.05, 4.69) is 107 Å². The number of aryl methyl sites for hydroxylation is 1. The minimum absolute atomic E-state index is 0.130. The van der Waals surface area contributed by atoms with Crippen molar-refractivity contribution in [1.82, 2.24) is 4.52 Å². The molecule has 2 heteroatoms. The summed E-state index contributed by atoms with van der Waals surface area (Å²) in [5.41, 5.74) is 9.11. The minimum atomic E-state index is 0.130. The molecule has 0 radical (unpaired) electrons. The average molecular weight is 442 g/mol. The van der Waals surface area contributed by atoms with Crippen molar-refractivity contribution in [2.45, 2.75) is 98.4 Å². The molecule has 0 N–H and O–H groups in total. The molecule has 5 rings (SSSR count). The lowest BCUT2D eigenvalue weighted by Gasteiger charge is -2.24. The molecule has 0 saturated carbocycles. The van der Waals surface area contributed by atoms with Crippen LogP contribution in [0.2, 0.25) is 0 Å². The maximum Gasteiger partial charge on any atom is 0.240 e. The van der Waals surface area contributed by atoms with E-state index >= 15 is 0 Å². The van der Waals surface area contributed by atoms with Crippen LogP contribution in [-0.4, -0.2) is 4.52 Å². The Morgan fingerprint density at radius 1 is 0.909 bits per heavy atom. The van der Waals surface area contributed by atoms with Crippen LogP contribution in [0.3, 0.4) is 0 Å². The van der Waals surface area contributed by atoms with Gasteiger partial charge < -0.3 is 0 Å². The summed E-state index contributed by atoms with van der Waals surface area (Å²) in [5.74, 6) is 0. The van der Waals surface area contributed by atoms with Gasteiger partial charge in [0, 0.05) is 30.7 Å². The quantitative estimate of drug-likeness (QED) is 0.286. The fourth-order valence-corrected chi connectivity index (χ4v) is 6.19. The molecule has 0 saturated heterocycles. The molecule has 2 nitrogen and oxygen atoms in total. The van der Waals surface area contributed by atoms with Crippen LogP contribution in [0.5, 0.6) is 0 Å². The summed E-state index contributed by atoms with van der Waals surface area (Å²) in [6.45, 7) is 18.8. The summed E-state index contributed by atoms with van der Waals surface area (Å²) in [6.07, 6.45) is 5.71. The second-order valence-corrected chi connectivity index (χ2v) is 12.6. The summed E-state index contributed by atoms with van der Waals surface area (Å²) in [6, 6.07) is 16.8. The van der Waals surface area contributed by atoms with E-state index in [1.807, 2.05) is 0 Å². The molecule has 33 heavy (non-hydrogen) atoms. The van der Waals surface area contributed by atoms with E-state index in [4.69, 9.17) is 0 Å². The largest absolute Gasteiger partial charge is 0.240 e. The molecule has 1 aliphatic heterocycles. The van der Waals surface area contributed by atoms with Crippen LogP contribution in [0.4, 0.5) is 0 Å². The third kappa shape index (κ3) is 3.40. The third-order valence-corrected chi connectivity index (χ3v) is 8.13. The van der Waals surface area contributed by atoms with E-state index in [0.717, 1.165) is 25.7 Å². The number of pyridine rings is 1. The second-order valence-electron chi connectivity index (χ2n) is 12.6. The number of hydrogen-bond donors (Lipinski definition) is 0. The standard InChI is InChI=1S/C31H41N2/c1-9-31(10-2)17-16-21-12-11-13-24-22(20-29(3,4)5)18-27-25-19-23(30(6,7)8)14-15-26(25)33(31)32(27)28(21)24/h11-15,18-19H,9-10,16-17,20H2,1-8H3/q+1. The number of hydrogen-bond acceptors (Lipinski definition) is 0. The third-order valence-electron chi connectivity index (χ3n) is 8.13. The first kappa shape index (κ1) is 22.4. The van der Waals surface area contributed by atoms with Gasteiger partial charge >= 0.3 is 0 Å². The Kier molecular flexibility index (Phi) is 4.98. The van der Waals surface area contributed by atoms with Gasteiger partial charge in [0.2, 0.25) is 5.52 Å². The van der Waals surface area contributed by atoms with E-state index in [1.54, 1.807) is 0 Å². The number of rotatable bonds is 3. The minimum Gasteiger partial charge on any atom is -0.119 e. The SMILES string of the molecule is CCC1(CC)CCc2cccc3c(CC(C)(C)C)cc4c5cc(C(C)(C)C)ccc5[n+]1n4c23. The van der Waals surface area contributed by atoms with Crippen molar-refractivity contribution in [3.05, 3.63) is 59.2 Å². The van der Waals surface area contributed by atoms with Crippen LogP contribution >= 0.6 is 0 Å². The Bertz CT molecular complexity index is 1370. The molecule has 0 spiro atoms. The number of aromatic nitrogens is 2. The van der Waals surface area contributed by atoms with Gasteiger partial charge in [0.15, 0.2) is 5.54 Å². The van der Waals surface area contributed by atoms with E-state index < -0.39 is 0 Å². The van der Waals surface area contributed by atoms with Crippen molar-refractivity contribution >= 4 is 27.3 Å². The van der Waals surface area contributed by atoms with E-state index in [1.165, 1.54) is 50.4 Å². The highest BCUT2D eigenvalue weighted by Gasteiger charge is 2.44. The van der Waals surface area contributed by atoms with E-state index in [-0.39, 0.29) is 16.4 Å². The molecule has 2 aromatic carbocycles. The van der Waals surface area contributed by atoms with Crippen LogP contribution in [0.1, 0.15) is 91.3 Å². The molecule has 0 aliphatic carbocycles. The normalized spacial score (nSPS) is 16.2. The van der Waals surface area contributed by atoms with Gasteiger partial charge in [-0.25, -0.2) is 0 Å².